The van der Waals surface area contributed by atoms with Gasteiger partial charge in [-0.15, -0.1) is 0 Å². The third-order valence-electron chi connectivity index (χ3n) is 4.53. The molecule has 2 heterocycles. The van der Waals surface area contributed by atoms with Crippen LogP contribution in [0.15, 0.2) is 54.9 Å². The number of hydrogen-bond donors (Lipinski definition) is 1. The lowest BCUT2D eigenvalue weighted by atomic mass is 10.0. The minimum Gasteiger partial charge on any atom is -0.493 e. The van der Waals surface area contributed by atoms with E-state index in [1.807, 2.05) is 48.8 Å². The van der Waals surface area contributed by atoms with Crippen LogP contribution in [-0.2, 0) is 6.42 Å². The van der Waals surface area contributed by atoms with Gasteiger partial charge in [0.25, 0.3) is 0 Å². The molecule has 26 heavy (non-hydrogen) atoms. The second-order valence-corrected chi connectivity index (χ2v) is 6.13. The Hall–Kier alpha value is -3.34. The first kappa shape index (κ1) is 16.1. The molecular weight excluding hydrogens is 326 g/mol. The van der Waals surface area contributed by atoms with Gasteiger partial charge in [0.2, 0.25) is 0 Å². The van der Waals surface area contributed by atoms with Gasteiger partial charge in [0.05, 0.1) is 25.4 Å². The molecule has 0 saturated carbocycles. The lowest BCUT2D eigenvalue weighted by Gasteiger charge is -2.12. The van der Waals surface area contributed by atoms with Crippen LogP contribution in [0.3, 0.4) is 0 Å². The fraction of sp³-hybridized carbons (Fsp3) is 0.143. The minimum atomic E-state index is 0.657. The Kier molecular flexibility index (Phi) is 4.05. The van der Waals surface area contributed by atoms with E-state index in [0.717, 1.165) is 32.9 Å². The predicted molar refractivity (Wildman–Crippen MR) is 104 cm³/mol. The average molecular weight is 345 g/mol. The van der Waals surface area contributed by atoms with Crippen LogP contribution >= 0.6 is 0 Å². The molecule has 5 heteroatoms. The van der Waals surface area contributed by atoms with Crippen molar-refractivity contribution < 1.29 is 9.47 Å². The molecule has 0 spiro atoms. The Morgan fingerprint density at radius 3 is 2.54 bits per heavy atom. The molecule has 2 aromatic carbocycles. The van der Waals surface area contributed by atoms with E-state index in [9.17, 15) is 0 Å². The molecule has 0 atom stereocenters. The summed E-state index contributed by atoms with van der Waals surface area (Å²) in [4.78, 5) is 9.12. The third kappa shape index (κ3) is 2.77. The van der Waals surface area contributed by atoms with Crippen molar-refractivity contribution in [1.82, 2.24) is 9.97 Å². The summed E-state index contributed by atoms with van der Waals surface area (Å²) in [6.07, 6.45) is 4.35. The zero-order valence-electron chi connectivity index (χ0n) is 14.7. The van der Waals surface area contributed by atoms with Crippen molar-refractivity contribution in [3.8, 4) is 11.5 Å². The van der Waals surface area contributed by atoms with Gasteiger partial charge >= 0.3 is 0 Å². The van der Waals surface area contributed by atoms with Crippen molar-refractivity contribution >= 4 is 27.4 Å². The normalized spacial score (nSPS) is 11.0. The maximum atomic E-state index is 6.07. The van der Waals surface area contributed by atoms with E-state index in [1.165, 1.54) is 0 Å². The number of pyridine rings is 2. The van der Waals surface area contributed by atoms with Crippen molar-refractivity contribution in [3.05, 3.63) is 66.1 Å². The quantitative estimate of drug-likeness (QED) is 0.567. The summed E-state index contributed by atoms with van der Waals surface area (Å²) in [5, 5.41) is 3.11. The number of nitrogen functional groups attached to an aromatic ring is 1. The smallest absolute Gasteiger partial charge is 0.161 e. The summed E-state index contributed by atoms with van der Waals surface area (Å²) < 4.78 is 10.8. The van der Waals surface area contributed by atoms with E-state index < -0.39 is 0 Å². The van der Waals surface area contributed by atoms with E-state index in [2.05, 4.69) is 11.1 Å². The first-order chi connectivity index (χ1) is 12.7. The number of rotatable bonds is 4. The molecule has 2 N–H and O–H groups in total. The number of ether oxygens (including phenoxy) is 2. The Morgan fingerprint density at radius 2 is 1.73 bits per heavy atom. The van der Waals surface area contributed by atoms with Crippen molar-refractivity contribution in [3.63, 3.8) is 0 Å². The standard InChI is InChI=1S/C21H19N3O2/c1-25-19-9-15-12-23-11-14(17(15)10-20(19)26-2)8-16-7-6-13-4-3-5-18(22)21(13)24-16/h3-7,9-12H,8,22H2,1-2H3. The van der Waals surface area contributed by atoms with Gasteiger partial charge < -0.3 is 15.2 Å². The van der Waals surface area contributed by atoms with E-state index in [0.29, 0.717) is 23.6 Å². The largest absolute Gasteiger partial charge is 0.493 e. The number of methoxy groups -OCH3 is 2. The van der Waals surface area contributed by atoms with Crippen LogP contribution < -0.4 is 15.2 Å². The molecule has 130 valence electrons. The van der Waals surface area contributed by atoms with Gasteiger partial charge in [-0.25, -0.2) is 0 Å². The first-order valence-corrected chi connectivity index (χ1v) is 8.32. The molecular formula is C21H19N3O2. The molecule has 2 aromatic heterocycles. The van der Waals surface area contributed by atoms with Gasteiger partial charge in [0, 0.05) is 35.3 Å². The van der Waals surface area contributed by atoms with Crippen molar-refractivity contribution in [2.75, 3.05) is 20.0 Å². The van der Waals surface area contributed by atoms with E-state index >= 15 is 0 Å². The van der Waals surface area contributed by atoms with Crippen LogP contribution in [0, 0.1) is 0 Å². The fourth-order valence-electron chi connectivity index (χ4n) is 3.20. The molecule has 4 rings (SSSR count). The minimum absolute atomic E-state index is 0.657. The Balaban J connectivity index is 1.81. The summed E-state index contributed by atoms with van der Waals surface area (Å²) in [6.45, 7) is 0. The van der Waals surface area contributed by atoms with E-state index in [4.69, 9.17) is 20.2 Å². The zero-order valence-corrected chi connectivity index (χ0v) is 14.7. The second kappa shape index (κ2) is 6.52. The highest BCUT2D eigenvalue weighted by atomic mass is 16.5. The monoisotopic (exact) mass is 345 g/mol. The van der Waals surface area contributed by atoms with Crippen LogP contribution in [0.25, 0.3) is 21.7 Å². The number of para-hydroxylation sites is 1. The summed E-state index contributed by atoms with van der Waals surface area (Å²) >= 11 is 0. The molecule has 0 radical (unpaired) electrons. The molecule has 0 saturated heterocycles. The van der Waals surface area contributed by atoms with Crippen LogP contribution in [0.4, 0.5) is 5.69 Å². The molecule has 0 amide bonds. The summed E-state index contributed by atoms with van der Waals surface area (Å²) in [5.41, 5.74) is 9.61. The van der Waals surface area contributed by atoms with Gasteiger partial charge in [0.15, 0.2) is 11.5 Å². The fourth-order valence-corrected chi connectivity index (χ4v) is 3.20. The zero-order chi connectivity index (χ0) is 18.1. The van der Waals surface area contributed by atoms with Gasteiger partial charge in [0.1, 0.15) is 0 Å². The number of nitrogens with zero attached hydrogens (tertiary/aromatic N) is 2. The first-order valence-electron chi connectivity index (χ1n) is 8.32. The molecule has 5 nitrogen and oxygen atoms in total. The number of benzene rings is 2. The Labute approximate surface area is 151 Å². The maximum Gasteiger partial charge on any atom is 0.161 e. The molecule has 0 aliphatic heterocycles. The molecule has 4 aromatic rings. The van der Waals surface area contributed by atoms with E-state index in [-0.39, 0.29) is 0 Å². The lowest BCUT2D eigenvalue weighted by Crippen LogP contribution is -1.98. The summed E-state index contributed by atoms with van der Waals surface area (Å²) in [5.74, 6) is 1.39. The van der Waals surface area contributed by atoms with Crippen LogP contribution in [0.1, 0.15) is 11.3 Å². The number of hydrogen-bond acceptors (Lipinski definition) is 5. The number of nitrogens with two attached hydrogens (primary N) is 1. The van der Waals surface area contributed by atoms with Crippen LogP contribution in [0.2, 0.25) is 0 Å². The topological polar surface area (TPSA) is 70.3 Å². The Morgan fingerprint density at radius 1 is 0.923 bits per heavy atom. The van der Waals surface area contributed by atoms with Gasteiger partial charge in [-0.1, -0.05) is 18.2 Å². The Bertz CT molecular complexity index is 1110. The molecule has 0 fully saturated rings. The number of aromatic nitrogens is 2. The van der Waals surface area contributed by atoms with Crippen molar-refractivity contribution in [1.29, 1.82) is 0 Å². The predicted octanol–water partition coefficient (Wildman–Crippen LogP) is 3.97. The highest BCUT2D eigenvalue weighted by Gasteiger charge is 2.11. The molecule has 0 unspecified atom stereocenters. The summed E-state index contributed by atoms with van der Waals surface area (Å²) in [6, 6.07) is 13.8. The van der Waals surface area contributed by atoms with Crippen LogP contribution in [-0.4, -0.2) is 24.2 Å². The SMILES string of the molecule is COc1cc2cncc(Cc3ccc4cccc(N)c4n3)c2cc1OC. The lowest BCUT2D eigenvalue weighted by molar-refractivity contribution is 0.356. The van der Waals surface area contributed by atoms with Crippen molar-refractivity contribution in [2.24, 2.45) is 0 Å². The third-order valence-corrected chi connectivity index (χ3v) is 4.53. The molecule has 0 aliphatic carbocycles. The molecule has 0 aliphatic rings. The summed E-state index contributed by atoms with van der Waals surface area (Å²) in [7, 11) is 3.27. The maximum absolute atomic E-state index is 6.07. The van der Waals surface area contributed by atoms with Gasteiger partial charge in [-0.05, 0) is 35.2 Å². The van der Waals surface area contributed by atoms with Gasteiger partial charge in [-0.2, -0.15) is 0 Å². The molecule has 0 bridgehead atoms. The van der Waals surface area contributed by atoms with E-state index in [1.54, 1.807) is 14.2 Å². The highest BCUT2D eigenvalue weighted by molar-refractivity contribution is 5.90. The second-order valence-electron chi connectivity index (χ2n) is 6.13. The highest BCUT2D eigenvalue weighted by Crippen LogP contribution is 2.33. The van der Waals surface area contributed by atoms with Crippen LogP contribution in [0.5, 0.6) is 11.5 Å². The number of anilines is 1. The number of fused-ring (bicyclic) bond motifs is 2. The average Bonchev–Trinajstić information content (AvgIpc) is 2.68. The van der Waals surface area contributed by atoms with Crippen molar-refractivity contribution in [2.45, 2.75) is 6.42 Å². The van der Waals surface area contributed by atoms with Gasteiger partial charge in [-0.3, -0.25) is 9.97 Å².